The molecule has 6 nitrogen and oxygen atoms in total. The highest BCUT2D eigenvalue weighted by Gasteiger charge is 2.32. The highest BCUT2D eigenvalue weighted by Crippen LogP contribution is 2.24. The second-order valence-corrected chi connectivity index (χ2v) is 5.51. The Bertz CT molecular complexity index is 622. The molecule has 1 atom stereocenters. The maximum Gasteiger partial charge on any atom is 0.414 e. The third-order valence-electron chi connectivity index (χ3n) is 3.58. The maximum atomic E-state index is 12.0. The van der Waals surface area contributed by atoms with Crippen LogP contribution in [-0.4, -0.2) is 30.5 Å². The highest BCUT2D eigenvalue weighted by molar-refractivity contribution is 5.89. The average Bonchev–Trinajstić information content (AvgIpc) is 3.14. The van der Waals surface area contributed by atoms with Gasteiger partial charge in [-0.2, -0.15) is 0 Å². The van der Waals surface area contributed by atoms with Gasteiger partial charge in [0, 0.05) is 11.8 Å². The number of cyclic esters (lactones) is 1. The normalized spacial score (nSPS) is 17.9. The minimum Gasteiger partial charge on any atom is -0.471 e. The number of benzene rings is 1. The highest BCUT2D eigenvalue weighted by atomic mass is 16.6. The van der Waals surface area contributed by atoms with E-state index in [9.17, 15) is 4.79 Å². The Balaban J connectivity index is 1.61. The summed E-state index contributed by atoms with van der Waals surface area (Å²) in [5.74, 6) is 0.846. The number of ether oxygens (including phenoxy) is 2. The minimum atomic E-state index is -0.356. The summed E-state index contributed by atoms with van der Waals surface area (Å²) in [6, 6.07) is 9.56. The van der Waals surface area contributed by atoms with Crippen molar-refractivity contribution in [1.82, 2.24) is 5.16 Å². The molecular weight excluding hydrogens is 284 g/mol. The van der Waals surface area contributed by atoms with Gasteiger partial charge in [-0.3, -0.25) is 4.90 Å². The molecular formula is C16H18N2O4. The van der Waals surface area contributed by atoms with Crippen molar-refractivity contribution in [2.75, 3.05) is 18.1 Å². The Kier molecular flexibility index (Phi) is 4.00. The molecule has 116 valence electrons. The van der Waals surface area contributed by atoms with E-state index in [1.165, 1.54) is 11.8 Å². The first kappa shape index (κ1) is 14.4. The lowest BCUT2D eigenvalue weighted by Crippen LogP contribution is -2.26. The summed E-state index contributed by atoms with van der Waals surface area (Å²) in [5, 5.41) is 3.65. The van der Waals surface area contributed by atoms with Crippen LogP contribution in [0.5, 0.6) is 5.88 Å². The zero-order valence-electron chi connectivity index (χ0n) is 12.6. The molecule has 0 radical (unpaired) electrons. The van der Waals surface area contributed by atoms with Crippen molar-refractivity contribution in [1.29, 1.82) is 0 Å². The third kappa shape index (κ3) is 3.05. The lowest BCUT2D eigenvalue weighted by Gasteiger charge is -2.14. The summed E-state index contributed by atoms with van der Waals surface area (Å²) in [7, 11) is 0. The molecule has 6 heteroatoms. The molecule has 2 aromatic rings. The minimum absolute atomic E-state index is 0.249. The van der Waals surface area contributed by atoms with Crippen molar-refractivity contribution in [2.24, 2.45) is 0 Å². The number of carbonyl (C=O) groups is 1. The quantitative estimate of drug-likeness (QED) is 0.848. The molecule has 1 amide bonds. The largest absolute Gasteiger partial charge is 0.471 e. The van der Waals surface area contributed by atoms with Crippen LogP contribution in [0.3, 0.4) is 0 Å². The summed E-state index contributed by atoms with van der Waals surface area (Å²) in [6.45, 7) is 4.98. The number of carbonyl (C=O) groups excluding carboxylic acids is 1. The van der Waals surface area contributed by atoms with Crippen LogP contribution in [0, 0.1) is 0 Å². The van der Waals surface area contributed by atoms with E-state index < -0.39 is 0 Å². The Hall–Kier alpha value is -2.50. The standard InChI is InChI=1S/C16H18N2O4/c1-11(2)12-3-5-13(6-4-12)18-9-14(22-16(18)19)10-20-15-7-8-21-17-15/h3-8,11,14H,9-10H2,1-2H3. The fourth-order valence-electron chi connectivity index (χ4n) is 2.31. The molecule has 1 aromatic carbocycles. The second-order valence-electron chi connectivity index (χ2n) is 5.51. The van der Waals surface area contributed by atoms with E-state index in [1.54, 1.807) is 11.0 Å². The predicted octanol–water partition coefficient (Wildman–Crippen LogP) is 3.20. The molecule has 0 bridgehead atoms. The average molecular weight is 302 g/mol. The Labute approximate surface area is 128 Å². The zero-order valence-corrected chi connectivity index (χ0v) is 12.6. The fourth-order valence-corrected chi connectivity index (χ4v) is 2.31. The molecule has 2 heterocycles. The van der Waals surface area contributed by atoms with E-state index in [-0.39, 0.29) is 18.8 Å². The third-order valence-corrected chi connectivity index (χ3v) is 3.58. The lowest BCUT2D eigenvalue weighted by molar-refractivity contribution is 0.102. The number of hydrogen-bond donors (Lipinski definition) is 0. The van der Waals surface area contributed by atoms with Gasteiger partial charge >= 0.3 is 6.09 Å². The van der Waals surface area contributed by atoms with Crippen LogP contribution in [0.4, 0.5) is 10.5 Å². The number of hydrogen-bond acceptors (Lipinski definition) is 5. The van der Waals surface area contributed by atoms with Crippen molar-refractivity contribution in [3.05, 3.63) is 42.2 Å². The Morgan fingerprint density at radius 2 is 2.09 bits per heavy atom. The molecule has 1 aliphatic heterocycles. The van der Waals surface area contributed by atoms with Crippen LogP contribution in [0.15, 0.2) is 41.1 Å². The SMILES string of the molecule is CC(C)c1ccc(N2CC(COc3ccon3)OC2=O)cc1. The van der Waals surface area contributed by atoms with Gasteiger partial charge in [0.05, 0.1) is 6.54 Å². The van der Waals surface area contributed by atoms with Gasteiger partial charge in [-0.15, -0.1) is 0 Å². The van der Waals surface area contributed by atoms with E-state index in [0.717, 1.165) is 5.69 Å². The van der Waals surface area contributed by atoms with Gasteiger partial charge in [-0.1, -0.05) is 26.0 Å². The zero-order chi connectivity index (χ0) is 15.5. The smallest absolute Gasteiger partial charge is 0.414 e. The Morgan fingerprint density at radius 1 is 1.32 bits per heavy atom. The van der Waals surface area contributed by atoms with E-state index in [1.807, 2.05) is 24.3 Å². The number of aromatic nitrogens is 1. The van der Waals surface area contributed by atoms with E-state index in [2.05, 4.69) is 23.5 Å². The lowest BCUT2D eigenvalue weighted by atomic mass is 10.0. The van der Waals surface area contributed by atoms with Crippen molar-refractivity contribution in [3.8, 4) is 5.88 Å². The number of rotatable bonds is 5. The van der Waals surface area contributed by atoms with E-state index in [0.29, 0.717) is 18.3 Å². The summed E-state index contributed by atoms with van der Waals surface area (Å²) in [6.07, 6.45) is 0.749. The van der Waals surface area contributed by atoms with Gasteiger partial charge in [0.2, 0.25) is 0 Å². The van der Waals surface area contributed by atoms with Crippen LogP contribution >= 0.6 is 0 Å². The summed E-state index contributed by atoms with van der Waals surface area (Å²) in [4.78, 5) is 13.6. The fraction of sp³-hybridized carbons (Fsp3) is 0.375. The van der Waals surface area contributed by atoms with Crippen LogP contribution < -0.4 is 9.64 Å². The Morgan fingerprint density at radius 3 is 2.73 bits per heavy atom. The van der Waals surface area contributed by atoms with Gasteiger partial charge in [-0.25, -0.2) is 4.79 Å². The second kappa shape index (κ2) is 6.09. The number of anilines is 1. The first-order valence-electron chi connectivity index (χ1n) is 7.25. The predicted molar refractivity (Wildman–Crippen MR) is 80.1 cm³/mol. The van der Waals surface area contributed by atoms with Crippen molar-refractivity contribution >= 4 is 11.8 Å². The molecule has 1 aliphatic rings. The molecule has 0 aliphatic carbocycles. The van der Waals surface area contributed by atoms with Crippen LogP contribution in [0.25, 0.3) is 0 Å². The molecule has 1 aromatic heterocycles. The van der Waals surface area contributed by atoms with Crippen molar-refractivity contribution in [3.63, 3.8) is 0 Å². The maximum absolute atomic E-state index is 12.0. The topological polar surface area (TPSA) is 64.8 Å². The van der Waals surface area contributed by atoms with Crippen LogP contribution in [0.1, 0.15) is 25.3 Å². The van der Waals surface area contributed by atoms with Crippen LogP contribution in [0.2, 0.25) is 0 Å². The van der Waals surface area contributed by atoms with Crippen molar-refractivity contribution in [2.45, 2.75) is 25.9 Å². The molecule has 3 rings (SSSR count). The molecule has 1 unspecified atom stereocenters. The van der Waals surface area contributed by atoms with E-state index >= 15 is 0 Å². The van der Waals surface area contributed by atoms with Gasteiger partial charge in [0.25, 0.3) is 5.88 Å². The number of nitrogens with zero attached hydrogens (tertiary/aromatic N) is 2. The molecule has 22 heavy (non-hydrogen) atoms. The monoisotopic (exact) mass is 302 g/mol. The molecule has 0 N–H and O–H groups in total. The molecule has 0 spiro atoms. The van der Waals surface area contributed by atoms with Crippen molar-refractivity contribution < 1.29 is 18.8 Å². The van der Waals surface area contributed by atoms with Gasteiger partial charge < -0.3 is 14.0 Å². The summed E-state index contributed by atoms with van der Waals surface area (Å²) >= 11 is 0. The van der Waals surface area contributed by atoms with Crippen LogP contribution in [-0.2, 0) is 4.74 Å². The first-order valence-corrected chi connectivity index (χ1v) is 7.25. The molecule has 0 saturated carbocycles. The number of amides is 1. The first-order chi connectivity index (χ1) is 10.6. The van der Waals surface area contributed by atoms with E-state index in [4.69, 9.17) is 9.47 Å². The van der Waals surface area contributed by atoms with Gasteiger partial charge in [0.15, 0.2) is 6.10 Å². The summed E-state index contributed by atoms with van der Waals surface area (Å²) in [5.41, 5.74) is 2.07. The van der Waals surface area contributed by atoms with Gasteiger partial charge in [0.1, 0.15) is 12.9 Å². The molecule has 1 saturated heterocycles. The van der Waals surface area contributed by atoms with Gasteiger partial charge in [-0.05, 0) is 28.8 Å². The summed E-state index contributed by atoms with van der Waals surface area (Å²) < 4.78 is 15.4. The molecule has 1 fully saturated rings.